The Morgan fingerprint density at radius 2 is 2.06 bits per heavy atom. The standard InChI is InChI=1S/C12H15Cl2NO2S/c1-8(18(2)17)7-15-12(16)6-9-3-4-10(13)11(14)5-9/h3-5,8H,6-7H2,1-2H3,(H,15,16). The highest BCUT2D eigenvalue weighted by atomic mass is 35.5. The van der Waals surface area contributed by atoms with Gasteiger partial charge < -0.3 is 5.32 Å². The van der Waals surface area contributed by atoms with Crippen LogP contribution in [0.1, 0.15) is 12.5 Å². The van der Waals surface area contributed by atoms with Gasteiger partial charge in [0.15, 0.2) is 0 Å². The first-order chi connectivity index (χ1) is 8.40. The molecule has 0 radical (unpaired) electrons. The predicted octanol–water partition coefficient (Wildman–Crippen LogP) is 2.42. The van der Waals surface area contributed by atoms with Gasteiger partial charge in [0.2, 0.25) is 5.91 Å². The van der Waals surface area contributed by atoms with Gasteiger partial charge in [0.25, 0.3) is 0 Å². The highest BCUT2D eigenvalue weighted by Crippen LogP contribution is 2.22. The van der Waals surface area contributed by atoms with Crippen molar-refractivity contribution in [3.05, 3.63) is 33.8 Å². The summed E-state index contributed by atoms with van der Waals surface area (Å²) < 4.78 is 11.1. The number of benzene rings is 1. The molecule has 0 saturated carbocycles. The molecule has 2 unspecified atom stereocenters. The number of hydrogen-bond donors (Lipinski definition) is 1. The molecule has 1 rings (SSSR count). The van der Waals surface area contributed by atoms with E-state index in [9.17, 15) is 9.00 Å². The minimum absolute atomic E-state index is 0.0530. The molecule has 0 spiro atoms. The van der Waals surface area contributed by atoms with Gasteiger partial charge in [0.05, 0.1) is 16.5 Å². The molecule has 0 aliphatic carbocycles. The Bertz CT molecular complexity index is 465. The molecule has 0 heterocycles. The number of carbonyl (C=O) groups excluding carboxylic acids is 1. The van der Waals surface area contributed by atoms with Crippen LogP contribution in [0.25, 0.3) is 0 Å². The van der Waals surface area contributed by atoms with Crippen molar-refractivity contribution in [3.8, 4) is 0 Å². The summed E-state index contributed by atoms with van der Waals surface area (Å²) >= 11 is 11.7. The molecule has 0 aliphatic heterocycles. The van der Waals surface area contributed by atoms with Crippen LogP contribution in [0.15, 0.2) is 18.2 Å². The summed E-state index contributed by atoms with van der Waals surface area (Å²) in [5.41, 5.74) is 0.798. The van der Waals surface area contributed by atoms with Crippen LogP contribution < -0.4 is 5.32 Å². The Morgan fingerprint density at radius 3 is 2.61 bits per heavy atom. The van der Waals surface area contributed by atoms with Crippen LogP contribution in [-0.2, 0) is 22.0 Å². The van der Waals surface area contributed by atoms with Crippen LogP contribution in [0.2, 0.25) is 10.0 Å². The van der Waals surface area contributed by atoms with Gasteiger partial charge in [0.1, 0.15) is 0 Å². The number of halogens is 2. The van der Waals surface area contributed by atoms with E-state index in [-0.39, 0.29) is 17.6 Å². The Balaban J connectivity index is 2.49. The third-order valence-corrected chi connectivity index (χ3v) is 4.54. The molecular formula is C12H15Cl2NO2S. The molecule has 100 valence electrons. The fourth-order valence-electron chi connectivity index (χ4n) is 1.27. The molecule has 0 fully saturated rings. The van der Waals surface area contributed by atoms with Gasteiger partial charge in [-0.25, -0.2) is 0 Å². The van der Waals surface area contributed by atoms with Crippen molar-refractivity contribution in [2.45, 2.75) is 18.6 Å². The van der Waals surface area contributed by atoms with E-state index in [2.05, 4.69) is 5.32 Å². The molecular weight excluding hydrogens is 293 g/mol. The molecule has 1 N–H and O–H groups in total. The minimum atomic E-state index is -0.933. The first-order valence-electron chi connectivity index (χ1n) is 5.43. The van der Waals surface area contributed by atoms with E-state index in [0.29, 0.717) is 16.6 Å². The highest BCUT2D eigenvalue weighted by molar-refractivity contribution is 7.84. The maximum atomic E-state index is 11.6. The molecule has 0 saturated heterocycles. The Morgan fingerprint density at radius 1 is 1.39 bits per heavy atom. The summed E-state index contributed by atoms with van der Waals surface area (Å²) in [6, 6.07) is 5.09. The van der Waals surface area contributed by atoms with E-state index in [0.717, 1.165) is 5.56 Å². The monoisotopic (exact) mass is 307 g/mol. The number of nitrogens with one attached hydrogen (secondary N) is 1. The van der Waals surface area contributed by atoms with Crippen LogP contribution in [0.3, 0.4) is 0 Å². The molecule has 1 aromatic rings. The van der Waals surface area contributed by atoms with Crippen LogP contribution >= 0.6 is 23.2 Å². The highest BCUT2D eigenvalue weighted by Gasteiger charge is 2.09. The Hall–Kier alpha value is -0.580. The van der Waals surface area contributed by atoms with E-state index in [4.69, 9.17) is 23.2 Å². The summed E-state index contributed by atoms with van der Waals surface area (Å²) in [7, 11) is -0.933. The van der Waals surface area contributed by atoms with Gasteiger partial charge >= 0.3 is 0 Å². The molecule has 1 aromatic carbocycles. The average Bonchev–Trinajstić information content (AvgIpc) is 2.30. The summed E-state index contributed by atoms with van der Waals surface area (Å²) in [5, 5.41) is 3.59. The fourth-order valence-corrected chi connectivity index (χ4v) is 1.91. The second kappa shape index (κ2) is 7.12. The summed E-state index contributed by atoms with van der Waals surface area (Å²) in [4.78, 5) is 11.6. The van der Waals surface area contributed by atoms with E-state index in [1.807, 2.05) is 6.92 Å². The van der Waals surface area contributed by atoms with Gasteiger partial charge in [0, 0.05) is 28.9 Å². The summed E-state index contributed by atoms with van der Waals surface area (Å²) in [5.74, 6) is -0.120. The minimum Gasteiger partial charge on any atom is -0.355 e. The molecule has 2 atom stereocenters. The zero-order chi connectivity index (χ0) is 13.7. The summed E-state index contributed by atoms with van der Waals surface area (Å²) in [6.07, 6.45) is 1.86. The smallest absolute Gasteiger partial charge is 0.224 e. The Labute approximate surface area is 119 Å². The lowest BCUT2D eigenvalue weighted by atomic mass is 10.1. The maximum absolute atomic E-state index is 11.6. The fraction of sp³-hybridized carbons (Fsp3) is 0.417. The molecule has 0 aromatic heterocycles. The van der Waals surface area contributed by atoms with Crippen LogP contribution in [0.4, 0.5) is 0 Å². The zero-order valence-corrected chi connectivity index (χ0v) is 12.5. The number of rotatable bonds is 5. The van der Waals surface area contributed by atoms with Gasteiger partial charge in [-0.1, -0.05) is 29.3 Å². The number of hydrogen-bond acceptors (Lipinski definition) is 2. The topological polar surface area (TPSA) is 46.2 Å². The van der Waals surface area contributed by atoms with Crippen LogP contribution in [0, 0.1) is 0 Å². The normalized spacial score (nSPS) is 14.0. The lowest BCUT2D eigenvalue weighted by molar-refractivity contribution is -0.120. The molecule has 1 amide bonds. The van der Waals surface area contributed by atoms with Gasteiger partial charge in [-0.3, -0.25) is 9.00 Å². The van der Waals surface area contributed by atoms with E-state index >= 15 is 0 Å². The lowest BCUT2D eigenvalue weighted by Crippen LogP contribution is -2.33. The van der Waals surface area contributed by atoms with Crippen molar-refractivity contribution >= 4 is 39.9 Å². The van der Waals surface area contributed by atoms with Crippen LogP contribution in [0.5, 0.6) is 0 Å². The van der Waals surface area contributed by atoms with Gasteiger partial charge in [-0.2, -0.15) is 0 Å². The maximum Gasteiger partial charge on any atom is 0.224 e. The number of amides is 1. The molecule has 3 nitrogen and oxygen atoms in total. The van der Waals surface area contributed by atoms with Crippen molar-refractivity contribution in [2.75, 3.05) is 12.8 Å². The van der Waals surface area contributed by atoms with Crippen molar-refractivity contribution in [2.24, 2.45) is 0 Å². The quantitative estimate of drug-likeness (QED) is 0.908. The molecule has 0 aliphatic rings. The lowest BCUT2D eigenvalue weighted by Gasteiger charge is -2.10. The summed E-state index contributed by atoms with van der Waals surface area (Å²) in [6.45, 7) is 2.23. The molecule has 18 heavy (non-hydrogen) atoms. The zero-order valence-electron chi connectivity index (χ0n) is 10.2. The van der Waals surface area contributed by atoms with E-state index in [1.54, 1.807) is 24.5 Å². The number of carbonyl (C=O) groups is 1. The second-order valence-electron chi connectivity index (χ2n) is 4.04. The van der Waals surface area contributed by atoms with Crippen molar-refractivity contribution in [1.82, 2.24) is 5.32 Å². The van der Waals surface area contributed by atoms with Crippen molar-refractivity contribution < 1.29 is 9.00 Å². The third-order valence-electron chi connectivity index (χ3n) is 2.50. The third kappa shape index (κ3) is 4.96. The molecule has 0 bridgehead atoms. The van der Waals surface area contributed by atoms with Crippen molar-refractivity contribution in [3.63, 3.8) is 0 Å². The van der Waals surface area contributed by atoms with Crippen LogP contribution in [-0.4, -0.2) is 28.2 Å². The van der Waals surface area contributed by atoms with Gasteiger partial charge in [-0.05, 0) is 24.6 Å². The molecule has 6 heteroatoms. The van der Waals surface area contributed by atoms with E-state index in [1.165, 1.54) is 0 Å². The largest absolute Gasteiger partial charge is 0.355 e. The predicted molar refractivity (Wildman–Crippen MR) is 76.7 cm³/mol. The first-order valence-corrected chi connectivity index (χ1v) is 7.80. The second-order valence-corrected chi connectivity index (χ2v) is 6.65. The first kappa shape index (κ1) is 15.5. The van der Waals surface area contributed by atoms with Crippen molar-refractivity contribution in [1.29, 1.82) is 0 Å². The van der Waals surface area contributed by atoms with E-state index < -0.39 is 10.8 Å². The van der Waals surface area contributed by atoms with Gasteiger partial charge in [-0.15, -0.1) is 0 Å². The average molecular weight is 308 g/mol. The SMILES string of the molecule is CC(CNC(=O)Cc1ccc(Cl)c(Cl)c1)S(C)=O. The Kier molecular flexibility index (Phi) is 6.12.